The van der Waals surface area contributed by atoms with Gasteiger partial charge in [0.1, 0.15) is 12.3 Å². The highest BCUT2D eigenvalue weighted by Crippen LogP contribution is 2.37. The molecule has 2 rings (SSSR count). The zero-order valence-corrected chi connectivity index (χ0v) is 19.2. The summed E-state index contributed by atoms with van der Waals surface area (Å²) in [4.78, 5) is 38.1. The number of ether oxygens (including phenoxy) is 2. The van der Waals surface area contributed by atoms with Crippen LogP contribution < -0.4 is 4.74 Å². The minimum Gasteiger partial charge on any atom is -0.465 e. The van der Waals surface area contributed by atoms with E-state index in [1.54, 1.807) is 18.5 Å². The Hall–Kier alpha value is -2.54. The molecule has 6 nitrogen and oxygen atoms in total. The van der Waals surface area contributed by atoms with Crippen LogP contribution in [0.25, 0.3) is 6.08 Å². The van der Waals surface area contributed by atoms with Crippen molar-refractivity contribution in [2.75, 3.05) is 13.2 Å². The molecule has 0 unspecified atom stereocenters. The van der Waals surface area contributed by atoms with Crippen LogP contribution in [0.2, 0.25) is 0 Å². The van der Waals surface area contributed by atoms with Crippen LogP contribution in [0.4, 0.5) is 0 Å². The number of thioether (sulfide) groups is 1. The molecule has 1 aliphatic rings. The van der Waals surface area contributed by atoms with Crippen LogP contribution >= 0.6 is 11.8 Å². The summed E-state index contributed by atoms with van der Waals surface area (Å²) in [5.74, 6) is -0.201. The summed E-state index contributed by atoms with van der Waals surface area (Å²) in [7, 11) is 0. The van der Waals surface area contributed by atoms with Gasteiger partial charge in [-0.25, -0.2) is 0 Å². The van der Waals surface area contributed by atoms with Crippen LogP contribution in [0.15, 0.2) is 28.6 Å². The summed E-state index contributed by atoms with van der Waals surface area (Å²) in [6.45, 7) is 11.4. The van der Waals surface area contributed by atoms with Crippen molar-refractivity contribution in [3.05, 3.63) is 45.3 Å². The van der Waals surface area contributed by atoms with Gasteiger partial charge in [0, 0.05) is 13.1 Å². The van der Waals surface area contributed by atoms with Gasteiger partial charge in [0.2, 0.25) is 0 Å². The molecule has 162 valence electrons. The first-order chi connectivity index (χ1) is 14.1. The molecule has 1 aliphatic heterocycles. The highest BCUT2D eigenvalue weighted by atomic mass is 32.2. The van der Waals surface area contributed by atoms with E-state index in [1.165, 1.54) is 23.6 Å². The third kappa shape index (κ3) is 5.98. The number of carbonyl (C=O) groups is 3. The Labute approximate surface area is 182 Å². The van der Waals surface area contributed by atoms with E-state index in [0.717, 1.165) is 16.7 Å². The number of esters is 2. The Morgan fingerprint density at radius 1 is 1.13 bits per heavy atom. The Kier molecular flexibility index (Phi) is 8.29. The molecule has 0 N–H and O–H groups in total. The van der Waals surface area contributed by atoms with E-state index in [4.69, 9.17) is 9.47 Å². The lowest BCUT2D eigenvalue weighted by atomic mass is 9.91. The monoisotopic (exact) mass is 431 g/mol. The fraction of sp³-hybridized carbons (Fsp3) is 0.435. The van der Waals surface area contributed by atoms with Crippen LogP contribution in [0.1, 0.15) is 70.1 Å². The third-order valence-electron chi connectivity index (χ3n) is 4.47. The SMILES string of the molecule is CCOC(=O)CN1C=CSC(=Cc2cc(C(C)C)c(OC(C)=O)c(C(C)C)c2)C1=O. The Balaban J connectivity index is 2.44. The number of rotatable bonds is 7. The first-order valence-corrected chi connectivity index (χ1v) is 10.9. The Morgan fingerprint density at radius 3 is 2.23 bits per heavy atom. The molecule has 0 bridgehead atoms. The second kappa shape index (κ2) is 10.5. The van der Waals surface area contributed by atoms with Gasteiger partial charge >= 0.3 is 11.9 Å². The average molecular weight is 432 g/mol. The van der Waals surface area contributed by atoms with Crippen LogP contribution in [0, 0.1) is 0 Å². The van der Waals surface area contributed by atoms with Gasteiger partial charge < -0.3 is 14.4 Å². The van der Waals surface area contributed by atoms with Crippen molar-refractivity contribution in [3.63, 3.8) is 0 Å². The van der Waals surface area contributed by atoms with Gasteiger partial charge in [0.15, 0.2) is 0 Å². The van der Waals surface area contributed by atoms with Crippen LogP contribution in [-0.4, -0.2) is 35.9 Å². The second-order valence-corrected chi connectivity index (χ2v) is 8.53. The van der Waals surface area contributed by atoms with Gasteiger partial charge in [-0.2, -0.15) is 0 Å². The summed E-state index contributed by atoms with van der Waals surface area (Å²) in [6, 6.07) is 3.90. The molecule has 30 heavy (non-hydrogen) atoms. The van der Waals surface area contributed by atoms with Crippen molar-refractivity contribution in [1.82, 2.24) is 4.90 Å². The zero-order valence-electron chi connectivity index (χ0n) is 18.4. The van der Waals surface area contributed by atoms with E-state index < -0.39 is 5.97 Å². The van der Waals surface area contributed by atoms with Gasteiger partial charge in [-0.05, 0) is 59.1 Å². The molecule has 0 saturated heterocycles. The average Bonchev–Trinajstić information content (AvgIpc) is 2.65. The summed E-state index contributed by atoms with van der Waals surface area (Å²) < 4.78 is 10.5. The van der Waals surface area contributed by atoms with Gasteiger partial charge in [0.05, 0.1) is 11.5 Å². The fourth-order valence-corrected chi connectivity index (χ4v) is 3.83. The van der Waals surface area contributed by atoms with Gasteiger partial charge in [-0.3, -0.25) is 14.4 Å². The Morgan fingerprint density at radius 2 is 1.73 bits per heavy atom. The van der Waals surface area contributed by atoms with E-state index >= 15 is 0 Å². The number of carbonyl (C=O) groups excluding carboxylic acids is 3. The molecule has 0 atom stereocenters. The van der Waals surface area contributed by atoms with Crippen LogP contribution in [0.3, 0.4) is 0 Å². The third-order valence-corrected chi connectivity index (χ3v) is 5.27. The van der Waals surface area contributed by atoms with Gasteiger partial charge in [0.25, 0.3) is 5.91 Å². The zero-order chi connectivity index (χ0) is 22.4. The summed E-state index contributed by atoms with van der Waals surface area (Å²) in [5.41, 5.74) is 2.67. The summed E-state index contributed by atoms with van der Waals surface area (Å²) >= 11 is 1.31. The van der Waals surface area contributed by atoms with Crippen LogP contribution in [-0.2, 0) is 19.1 Å². The van der Waals surface area contributed by atoms with E-state index in [9.17, 15) is 14.4 Å². The number of benzene rings is 1. The molecule has 1 aromatic rings. The van der Waals surface area contributed by atoms with Crippen molar-refractivity contribution in [3.8, 4) is 5.75 Å². The number of nitrogens with zero attached hydrogens (tertiary/aromatic N) is 1. The maximum Gasteiger partial charge on any atom is 0.326 e. The summed E-state index contributed by atoms with van der Waals surface area (Å²) in [6.07, 6.45) is 3.40. The molecule has 0 saturated carbocycles. The molecule has 0 aromatic heterocycles. The minimum absolute atomic E-state index is 0.124. The molecule has 1 heterocycles. The smallest absolute Gasteiger partial charge is 0.326 e. The van der Waals surface area contributed by atoms with Gasteiger partial charge in [-0.15, -0.1) is 0 Å². The summed E-state index contributed by atoms with van der Waals surface area (Å²) in [5, 5.41) is 1.77. The minimum atomic E-state index is -0.448. The molecule has 7 heteroatoms. The van der Waals surface area contributed by atoms with Crippen molar-refractivity contribution >= 4 is 35.7 Å². The van der Waals surface area contributed by atoms with E-state index in [-0.39, 0.29) is 36.9 Å². The first kappa shape index (κ1) is 23.7. The molecule has 0 radical (unpaired) electrons. The van der Waals surface area contributed by atoms with E-state index in [1.807, 2.05) is 45.9 Å². The topological polar surface area (TPSA) is 72.9 Å². The lowest BCUT2D eigenvalue weighted by Gasteiger charge is -2.23. The fourth-order valence-electron chi connectivity index (χ4n) is 3.06. The molecular weight excluding hydrogens is 402 g/mol. The van der Waals surface area contributed by atoms with E-state index in [0.29, 0.717) is 10.7 Å². The van der Waals surface area contributed by atoms with E-state index in [2.05, 4.69) is 0 Å². The van der Waals surface area contributed by atoms with Gasteiger partial charge in [-0.1, -0.05) is 39.5 Å². The lowest BCUT2D eigenvalue weighted by molar-refractivity contribution is -0.146. The largest absolute Gasteiger partial charge is 0.465 e. The van der Waals surface area contributed by atoms with Crippen LogP contribution in [0.5, 0.6) is 5.75 Å². The highest BCUT2D eigenvalue weighted by molar-refractivity contribution is 8.06. The first-order valence-electron chi connectivity index (χ1n) is 10.0. The van der Waals surface area contributed by atoms with Crippen molar-refractivity contribution in [2.45, 2.75) is 53.4 Å². The number of hydrogen-bond acceptors (Lipinski definition) is 6. The normalized spacial score (nSPS) is 15.3. The molecule has 0 fully saturated rings. The highest BCUT2D eigenvalue weighted by Gasteiger charge is 2.24. The Bertz CT molecular complexity index is 857. The molecule has 0 spiro atoms. The predicted molar refractivity (Wildman–Crippen MR) is 119 cm³/mol. The maximum absolute atomic E-state index is 12.8. The standard InChI is InChI=1S/C23H29NO5S/c1-7-28-21(26)13-24-8-9-30-20(23(24)27)12-17-10-18(14(2)3)22(29-16(6)25)19(11-17)15(4)5/h8-12,14-15H,7,13H2,1-6H3. The lowest BCUT2D eigenvalue weighted by Crippen LogP contribution is -2.33. The van der Waals surface area contributed by atoms with Crippen molar-refractivity contribution in [2.24, 2.45) is 0 Å². The maximum atomic E-state index is 12.8. The number of amides is 1. The molecule has 0 aliphatic carbocycles. The molecular formula is C23H29NO5S. The predicted octanol–water partition coefficient (Wildman–Crippen LogP) is 4.81. The number of hydrogen-bond donors (Lipinski definition) is 0. The second-order valence-electron chi connectivity index (χ2n) is 7.58. The van der Waals surface area contributed by atoms with Crippen molar-refractivity contribution in [1.29, 1.82) is 0 Å². The van der Waals surface area contributed by atoms with Crippen molar-refractivity contribution < 1.29 is 23.9 Å². The molecule has 1 amide bonds. The quantitative estimate of drug-likeness (QED) is 0.350. The molecule has 1 aromatic carbocycles.